The predicted molar refractivity (Wildman–Crippen MR) is 118 cm³/mol. The zero-order valence-electron chi connectivity index (χ0n) is 16.8. The van der Waals surface area contributed by atoms with Gasteiger partial charge in [0.1, 0.15) is 17.7 Å². The molecule has 5 rings (SSSR count). The number of rotatable bonds is 5. The average molecular weight is 410 g/mol. The van der Waals surface area contributed by atoms with Crippen LogP contribution in [0.2, 0.25) is 0 Å². The maximum atomic E-state index is 15.1. The summed E-state index contributed by atoms with van der Waals surface area (Å²) < 4.78 is 16.9. The molecule has 4 aromatic heterocycles. The lowest BCUT2D eigenvalue weighted by Crippen LogP contribution is -2.06. The molecule has 0 spiro atoms. The van der Waals surface area contributed by atoms with Crippen LogP contribution in [-0.2, 0) is 6.54 Å². The molecule has 31 heavy (non-hydrogen) atoms. The highest BCUT2D eigenvalue weighted by molar-refractivity contribution is 5.65. The first kappa shape index (κ1) is 18.9. The minimum atomic E-state index is -0.481. The molecule has 0 fully saturated rings. The minimum Gasteiger partial charge on any atom is -0.363 e. The first-order valence-corrected chi connectivity index (χ1v) is 9.87. The van der Waals surface area contributed by atoms with Gasteiger partial charge < -0.3 is 9.72 Å². The van der Waals surface area contributed by atoms with E-state index >= 15 is 4.39 Å². The molecule has 1 N–H and O–H groups in total. The third-order valence-corrected chi connectivity index (χ3v) is 5.10. The number of aryl methyl sites for hydroxylation is 1. The number of benzene rings is 1. The molecular weight excluding hydrogens is 391 g/mol. The Bertz CT molecular complexity index is 1360. The lowest BCUT2D eigenvalue weighted by Gasteiger charge is -2.10. The fraction of sp³-hybridized carbons (Fsp3) is 0.0833. The van der Waals surface area contributed by atoms with Crippen molar-refractivity contribution in [3.63, 3.8) is 0 Å². The number of aromatic nitrogens is 5. The molecule has 0 unspecified atom stereocenters. The minimum absolute atomic E-state index is 0.171. The summed E-state index contributed by atoms with van der Waals surface area (Å²) in [5.74, 6) is -0.310. The average Bonchev–Trinajstić information content (AvgIpc) is 3.27. The molecule has 152 valence electrons. The van der Waals surface area contributed by atoms with Gasteiger partial charge >= 0.3 is 0 Å². The monoisotopic (exact) mass is 410 g/mol. The first-order chi connectivity index (χ1) is 15.2. The summed E-state index contributed by atoms with van der Waals surface area (Å²) >= 11 is 0. The lowest BCUT2D eigenvalue weighted by molar-refractivity contribution is 0.621. The van der Waals surface area contributed by atoms with Gasteiger partial charge in [-0.1, -0.05) is 24.3 Å². The fourth-order valence-electron chi connectivity index (χ4n) is 3.48. The van der Waals surface area contributed by atoms with Gasteiger partial charge in [0.25, 0.3) is 0 Å². The molecule has 7 heteroatoms. The third-order valence-electron chi connectivity index (χ3n) is 5.10. The highest BCUT2D eigenvalue weighted by Crippen LogP contribution is 2.25. The number of hydrogen-bond acceptors (Lipinski definition) is 5. The molecule has 0 saturated heterocycles. The predicted octanol–water partition coefficient (Wildman–Crippen LogP) is 4.91. The van der Waals surface area contributed by atoms with Crippen LogP contribution in [0.1, 0.15) is 11.3 Å². The number of fused-ring (bicyclic) bond motifs is 1. The van der Waals surface area contributed by atoms with E-state index in [0.717, 1.165) is 28.0 Å². The van der Waals surface area contributed by atoms with Crippen LogP contribution in [0, 0.1) is 12.7 Å². The Kier molecular flexibility index (Phi) is 4.84. The standard InChI is InChI=1S/C24H19FN6/c1-16-12-19(8-9-26-16)18-4-2-17(3-5-18)13-28-24-22(25)23(29-15-30-24)20-6-7-21-27-10-11-31(21)14-20/h2-12,14-15H,13H2,1H3,(H,28,29,30). The fourth-order valence-corrected chi connectivity index (χ4v) is 3.48. The van der Waals surface area contributed by atoms with Gasteiger partial charge in [0.15, 0.2) is 11.6 Å². The molecule has 0 saturated carbocycles. The summed E-state index contributed by atoms with van der Waals surface area (Å²) in [5, 5.41) is 3.08. The number of nitrogens with zero attached hydrogens (tertiary/aromatic N) is 5. The van der Waals surface area contributed by atoms with E-state index in [1.54, 1.807) is 24.7 Å². The van der Waals surface area contributed by atoms with Gasteiger partial charge in [0.05, 0.1) is 0 Å². The molecule has 0 bridgehead atoms. The summed E-state index contributed by atoms with van der Waals surface area (Å²) in [7, 11) is 0. The van der Waals surface area contributed by atoms with Crippen LogP contribution < -0.4 is 5.32 Å². The highest BCUT2D eigenvalue weighted by atomic mass is 19.1. The van der Waals surface area contributed by atoms with Crippen molar-refractivity contribution in [2.45, 2.75) is 13.5 Å². The Morgan fingerprint density at radius 3 is 2.55 bits per heavy atom. The molecule has 0 aliphatic carbocycles. The van der Waals surface area contributed by atoms with Gasteiger partial charge in [-0.3, -0.25) is 4.98 Å². The molecule has 4 heterocycles. The Labute approximate surface area is 178 Å². The maximum Gasteiger partial charge on any atom is 0.191 e. The van der Waals surface area contributed by atoms with Crippen LogP contribution in [-0.4, -0.2) is 24.3 Å². The van der Waals surface area contributed by atoms with Crippen LogP contribution in [0.5, 0.6) is 0 Å². The Morgan fingerprint density at radius 2 is 1.71 bits per heavy atom. The zero-order valence-corrected chi connectivity index (χ0v) is 16.8. The largest absolute Gasteiger partial charge is 0.363 e. The Hall–Kier alpha value is -4.13. The van der Waals surface area contributed by atoms with E-state index in [1.807, 2.05) is 60.0 Å². The van der Waals surface area contributed by atoms with Gasteiger partial charge in [-0.05, 0) is 47.9 Å². The number of imidazole rings is 1. The van der Waals surface area contributed by atoms with Crippen LogP contribution in [0.3, 0.4) is 0 Å². The van der Waals surface area contributed by atoms with E-state index in [-0.39, 0.29) is 11.5 Å². The summed E-state index contributed by atoms with van der Waals surface area (Å²) in [6.45, 7) is 2.42. The van der Waals surface area contributed by atoms with E-state index in [2.05, 4.69) is 25.3 Å². The highest BCUT2D eigenvalue weighted by Gasteiger charge is 2.13. The topological polar surface area (TPSA) is 68.0 Å². The van der Waals surface area contributed by atoms with Crippen LogP contribution >= 0.6 is 0 Å². The Morgan fingerprint density at radius 1 is 0.871 bits per heavy atom. The van der Waals surface area contributed by atoms with Crippen molar-refractivity contribution in [3.05, 3.63) is 96.7 Å². The molecule has 0 radical (unpaired) electrons. The van der Waals surface area contributed by atoms with E-state index in [0.29, 0.717) is 12.1 Å². The van der Waals surface area contributed by atoms with E-state index < -0.39 is 5.82 Å². The van der Waals surface area contributed by atoms with Crippen molar-refractivity contribution in [3.8, 4) is 22.4 Å². The molecule has 0 amide bonds. The quantitative estimate of drug-likeness (QED) is 0.446. The molecule has 0 aliphatic rings. The van der Waals surface area contributed by atoms with Gasteiger partial charge in [-0.2, -0.15) is 0 Å². The summed E-state index contributed by atoms with van der Waals surface area (Å²) in [6, 6.07) is 15.8. The van der Waals surface area contributed by atoms with Crippen molar-refractivity contribution < 1.29 is 4.39 Å². The molecule has 0 aliphatic heterocycles. The van der Waals surface area contributed by atoms with E-state index in [4.69, 9.17) is 0 Å². The molecule has 1 aromatic carbocycles. The summed E-state index contributed by atoms with van der Waals surface area (Å²) in [6.07, 6.45) is 8.49. The van der Waals surface area contributed by atoms with Gasteiger partial charge in [-0.25, -0.2) is 19.3 Å². The number of halogens is 1. The first-order valence-electron chi connectivity index (χ1n) is 9.87. The molecular formula is C24H19FN6. The molecule has 6 nitrogen and oxygen atoms in total. The van der Waals surface area contributed by atoms with Crippen LogP contribution in [0.4, 0.5) is 10.2 Å². The SMILES string of the molecule is Cc1cc(-c2ccc(CNc3ncnc(-c4ccc5nccn5c4)c3F)cc2)ccn1. The van der Waals surface area contributed by atoms with Gasteiger partial charge in [0.2, 0.25) is 0 Å². The van der Waals surface area contributed by atoms with Crippen LogP contribution in [0.15, 0.2) is 79.6 Å². The van der Waals surface area contributed by atoms with Crippen molar-refractivity contribution in [1.29, 1.82) is 0 Å². The van der Waals surface area contributed by atoms with Crippen molar-refractivity contribution in [2.24, 2.45) is 0 Å². The van der Waals surface area contributed by atoms with E-state index in [1.165, 1.54) is 6.33 Å². The second-order valence-corrected chi connectivity index (χ2v) is 7.23. The normalized spacial score (nSPS) is 11.0. The van der Waals surface area contributed by atoms with Crippen molar-refractivity contribution >= 4 is 11.5 Å². The zero-order chi connectivity index (χ0) is 21.2. The molecule has 5 aromatic rings. The van der Waals surface area contributed by atoms with Crippen molar-refractivity contribution in [1.82, 2.24) is 24.3 Å². The number of pyridine rings is 2. The van der Waals surface area contributed by atoms with Crippen LogP contribution in [0.25, 0.3) is 28.0 Å². The van der Waals surface area contributed by atoms with Crippen molar-refractivity contribution in [2.75, 3.05) is 5.32 Å². The lowest BCUT2D eigenvalue weighted by atomic mass is 10.0. The number of anilines is 1. The smallest absolute Gasteiger partial charge is 0.191 e. The van der Waals surface area contributed by atoms with Gasteiger partial charge in [0, 0.05) is 42.6 Å². The van der Waals surface area contributed by atoms with Gasteiger partial charge in [-0.15, -0.1) is 0 Å². The molecule has 0 atom stereocenters. The maximum absolute atomic E-state index is 15.1. The number of hydrogen-bond donors (Lipinski definition) is 1. The summed E-state index contributed by atoms with van der Waals surface area (Å²) in [5.41, 5.74) is 5.93. The summed E-state index contributed by atoms with van der Waals surface area (Å²) in [4.78, 5) is 16.7. The second kappa shape index (κ2) is 7.95. The Balaban J connectivity index is 1.34. The second-order valence-electron chi connectivity index (χ2n) is 7.23. The van der Waals surface area contributed by atoms with E-state index in [9.17, 15) is 0 Å². The third kappa shape index (κ3) is 3.85. The number of nitrogens with one attached hydrogen (secondary N) is 1.